The van der Waals surface area contributed by atoms with Gasteiger partial charge in [0.25, 0.3) is 0 Å². The highest BCUT2D eigenvalue weighted by atomic mass is 31.2. The quantitative estimate of drug-likeness (QED) is 0.0222. The summed E-state index contributed by atoms with van der Waals surface area (Å²) in [6.07, 6.45) is 44.6. The Kier molecular flexibility index (Phi) is 60.3. The second kappa shape index (κ2) is 61.6. The first-order chi connectivity index (χ1) is 43.7. The van der Waals surface area contributed by atoms with E-state index >= 15 is 0 Å². The fourth-order valence-electron chi connectivity index (χ4n) is 10.8. The number of unbranched alkanes of at least 4 members (excludes halogenated alkanes) is 33. The summed E-state index contributed by atoms with van der Waals surface area (Å²) in [4.78, 5) is 72.6. The van der Waals surface area contributed by atoms with Crippen LogP contribution < -0.4 is 0 Å². The van der Waals surface area contributed by atoms with E-state index in [-0.39, 0.29) is 25.7 Å². The number of esters is 4. The maximum Gasteiger partial charge on any atom is 0.472 e. The van der Waals surface area contributed by atoms with E-state index in [9.17, 15) is 43.2 Å². The molecule has 7 atom stereocenters. The van der Waals surface area contributed by atoms with E-state index < -0.39 is 97.5 Å². The maximum atomic E-state index is 13.0. The summed E-state index contributed by atoms with van der Waals surface area (Å²) in [5.41, 5.74) is 0. The zero-order valence-electron chi connectivity index (χ0n) is 59.5. The van der Waals surface area contributed by atoms with Gasteiger partial charge in [0.05, 0.1) is 26.4 Å². The molecular weight excluding hydrogens is 1200 g/mol. The molecule has 0 aliphatic rings. The Balaban J connectivity index is 5.21. The molecule has 0 fully saturated rings. The molecule has 0 spiro atoms. The highest BCUT2D eigenvalue weighted by Crippen LogP contribution is 2.45. The van der Waals surface area contributed by atoms with Crippen molar-refractivity contribution in [2.45, 2.75) is 375 Å². The highest BCUT2D eigenvalue weighted by molar-refractivity contribution is 7.47. The molecule has 0 aromatic carbocycles. The molecule has 0 saturated carbocycles. The molecule has 4 unspecified atom stereocenters. The molecule has 0 aromatic heterocycles. The zero-order chi connectivity index (χ0) is 67.5. The van der Waals surface area contributed by atoms with Crippen molar-refractivity contribution in [2.24, 2.45) is 23.7 Å². The van der Waals surface area contributed by atoms with Gasteiger partial charge in [0.2, 0.25) is 0 Å². The van der Waals surface area contributed by atoms with Crippen molar-refractivity contribution in [3.63, 3.8) is 0 Å². The summed E-state index contributed by atoms with van der Waals surface area (Å²) in [7, 11) is -9.91. The molecule has 3 N–H and O–H groups in total. The van der Waals surface area contributed by atoms with E-state index in [0.29, 0.717) is 31.6 Å². The van der Waals surface area contributed by atoms with Crippen LogP contribution in [0.1, 0.15) is 357 Å². The molecule has 540 valence electrons. The molecule has 17 nitrogen and oxygen atoms in total. The Labute approximate surface area is 556 Å². The Bertz CT molecular complexity index is 1800. The van der Waals surface area contributed by atoms with Crippen molar-refractivity contribution < 1.29 is 80.2 Å². The minimum Gasteiger partial charge on any atom is -0.462 e. The molecular formula is C72H140O17P2. The molecule has 0 heterocycles. The smallest absolute Gasteiger partial charge is 0.462 e. The third-order valence-corrected chi connectivity index (χ3v) is 19.2. The van der Waals surface area contributed by atoms with E-state index in [1.54, 1.807) is 0 Å². The number of phosphoric acid groups is 2. The van der Waals surface area contributed by atoms with Crippen LogP contribution in [0.15, 0.2) is 0 Å². The van der Waals surface area contributed by atoms with Gasteiger partial charge in [-0.15, -0.1) is 0 Å². The summed E-state index contributed by atoms with van der Waals surface area (Å²) in [6.45, 7) is 14.1. The van der Waals surface area contributed by atoms with Gasteiger partial charge in [0.1, 0.15) is 19.3 Å². The van der Waals surface area contributed by atoms with Crippen LogP contribution in [0, 0.1) is 23.7 Å². The van der Waals surface area contributed by atoms with E-state index in [4.69, 9.17) is 37.0 Å². The van der Waals surface area contributed by atoms with Gasteiger partial charge in [-0.25, -0.2) is 9.13 Å². The van der Waals surface area contributed by atoms with Gasteiger partial charge in [0, 0.05) is 25.7 Å². The van der Waals surface area contributed by atoms with Gasteiger partial charge in [-0.05, 0) is 49.4 Å². The molecule has 0 radical (unpaired) electrons. The largest absolute Gasteiger partial charge is 0.472 e. The molecule has 0 amide bonds. The highest BCUT2D eigenvalue weighted by Gasteiger charge is 2.30. The third-order valence-electron chi connectivity index (χ3n) is 17.3. The van der Waals surface area contributed by atoms with Gasteiger partial charge in [0.15, 0.2) is 12.2 Å². The Morgan fingerprint density at radius 3 is 0.780 bits per heavy atom. The first-order valence-electron chi connectivity index (χ1n) is 37.3. The minimum absolute atomic E-state index is 0.105. The van der Waals surface area contributed by atoms with Gasteiger partial charge >= 0.3 is 39.5 Å². The standard InChI is InChI=1S/C72H140O17P2/c1-9-64(7)50-42-34-25-21-17-13-11-12-14-18-22-26-38-46-54-71(76)88-67(58-82-69(74)52-44-36-30-28-33-41-49-63(5)6)60-86-90(78,79)84-56-66(73)57-85-91(80,81)87-61-68(59-83-70(75)53-45-37-31-29-35-43-51-65(8)10-2)89-72(77)55-47-39-27-23-19-15-16-20-24-32-40-48-62(3)4/h62-68,73H,9-61H2,1-8H3,(H,78,79)(H,80,81)/t64?,65?,66-,67-,68-/m1/s1. The van der Waals surface area contributed by atoms with Crippen molar-refractivity contribution in [1.82, 2.24) is 0 Å². The first-order valence-corrected chi connectivity index (χ1v) is 40.3. The van der Waals surface area contributed by atoms with Gasteiger partial charge < -0.3 is 33.8 Å². The lowest BCUT2D eigenvalue weighted by molar-refractivity contribution is -0.161. The number of ether oxygens (including phenoxy) is 4. The Hall–Kier alpha value is -1.94. The van der Waals surface area contributed by atoms with Gasteiger partial charge in [-0.2, -0.15) is 0 Å². The van der Waals surface area contributed by atoms with Crippen molar-refractivity contribution in [3.8, 4) is 0 Å². The summed E-state index contributed by atoms with van der Waals surface area (Å²) in [5, 5.41) is 10.6. The number of phosphoric ester groups is 2. The average Bonchev–Trinajstić information content (AvgIpc) is 3.19. The van der Waals surface area contributed by atoms with Crippen LogP contribution in [-0.2, 0) is 65.4 Å². The molecule has 0 rings (SSSR count). The van der Waals surface area contributed by atoms with Crippen LogP contribution in [0.2, 0.25) is 0 Å². The van der Waals surface area contributed by atoms with Crippen molar-refractivity contribution in [3.05, 3.63) is 0 Å². The molecule has 0 aromatic rings. The fraction of sp³-hybridized carbons (Fsp3) is 0.944. The zero-order valence-corrected chi connectivity index (χ0v) is 61.3. The van der Waals surface area contributed by atoms with E-state index in [0.717, 1.165) is 120 Å². The summed E-state index contributed by atoms with van der Waals surface area (Å²) in [6, 6.07) is 0. The number of aliphatic hydroxyl groups is 1. The van der Waals surface area contributed by atoms with Crippen LogP contribution in [-0.4, -0.2) is 96.7 Å². The van der Waals surface area contributed by atoms with E-state index in [1.165, 1.54) is 148 Å². The van der Waals surface area contributed by atoms with Crippen LogP contribution in [0.4, 0.5) is 0 Å². The second-order valence-electron chi connectivity index (χ2n) is 27.4. The first kappa shape index (κ1) is 89.1. The number of carbonyl (C=O) groups is 4. The maximum absolute atomic E-state index is 13.0. The molecule has 0 aliphatic heterocycles. The van der Waals surface area contributed by atoms with E-state index in [2.05, 4.69) is 55.4 Å². The predicted octanol–water partition coefficient (Wildman–Crippen LogP) is 20.5. The predicted molar refractivity (Wildman–Crippen MR) is 367 cm³/mol. The van der Waals surface area contributed by atoms with Crippen molar-refractivity contribution in [2.75, 3.05) is 39.6 Å². The van der Waals surface area contributed by atoms with Crippen LogP contribution in [0.5, 0.6) is 0 Å². The van der Waals surface area contributed by atoms with Crippen molar-refractivity contribution >= 4 is 39.5 Å². The Morgan fingerprint density at radius 2 is 0.527 bits per heavy atom. The van der Waals surface area contributed by atoms with Crippen molar-refractivity contribution in [1.29, 1.82) is 0 Å². The lowest BCUT2D eigenvalue weighted by Crippen LogP contribution is -2.30. The van der Waals surface area contributed by atoms with Gasteiger partial charge in [-0.3, -0.25) is 37.3 Å². The minimum atomic E-state index is -4.95. The van der Waals surface area contributed by atoms with Gasteiger partial charge in [-0.1, -0.05) is 306 Å². The monoisotopic (exact) mass is 1340 g/mol. The lowest BCUT2D eigenvalue weighted by Gasteiger charge is -2.21. The number of hydrogen-bond donors (Lipinski definition) is 3. The summed E-state index contributed by atoms with van der Waals surface area (Å²) < 4.78 is 68.3. The Morgan fingerprint density at radius 1 is 0.308 bits per heavy atom. The lowest BCUT2D eigenvalue weighted by atomic mass is 9.99. The molecule has 0 bridgehead atoms. The number of hydrogen-bond acceptors (Lipinski definition) is 15. The molecule has 0 saturated heterocycles. The molecule has 91 heavy (non-hydrogen) atoms. The second-order valence-corrected chi connectivity index (χ2v) is 30.3. The fourth-order valence-corrected chi connectivity index (χ4v) is 12.4. The molecule has 0 aliphatic carbocycles. The third kappa shape index (κ3) is 63.9. The summed E-state index contributed by atoms with van der Waals surface area (Å²) in [5.74, 6) is 0.892. The van der Waals surface area contributed by atoms with E-state index in [1.807, 2.05) is 0 Å². The number of carbonyl (C=O) groups excluding carboxylic acids is 4. The number of rotatable bonds is 69. The number of aliphatic hydroxyl groups excluding tert-OH is 1. The van der Waals surface area contributed by atoms with Crippen LogP contribution in [0.25, 0.3) is 0 Å². The average molecular weight is 1340 g/mol. The van der Waals surface area contributed by atoms with Crippen LogP contribution >= 0.6 is 15.6 Å². The normalized spacial score (nSPS) is 14.8. The topological polar surface area (TPSA) is 237 Å². The molecule has 19 heteroatoms. The van der Waals surface area contributed by atoms with Crippen LogP contribution in [0.3, 0.4) is 0 Å². The summed E-state index contributed by atoms with van der Waals surface area (Å²) >= 11 is 0. The SMILES string of the molecule is CCC(C)CCCCCCCCCCCCCCCCC(=O)O[C@H](COC(=O)CCCCCCCCC(C)C)COP(=O)(O)OC[C@@H](O)COP(=O)(O)OC[C@@H](COC(=O)CCCCCCCCC(C)CC)OC(=O)CCCCCCCCCCCCCC(C)C.